The molecule has 1 nitrogen and oxygen atoms in total. The number of nitriles is 1. The number of benzene rings is 1. The van der Waals surface area contributed by atoms with Crippen LogP contribution in [-0.2, 0) is 6.42 Å². The largest absolute Gasteiger partial charge is 0.198 e. The van der Waals surface area contributed by atoms with Gasteiger partial charge in [0.05, 0.1) is 22.2 Å². The summed E-state index contributed by atoms with van der Waals surface area (Å²) in [5, 5.41) is 12.5. The highest BCUT2D eigenvalue weighted by Gasteiger charge is 2.05. The molecule has 0 bridgehead atoms. The minimum atomic E-state index is 0.459. The van der Waals surface area contributed by atoms with Crippen LogP contribution in [0.25, 0.3) is 10.1 Å². The third-order valence-electron chi connectivity index (χ3n) is 1.90. The van der Waals surface area contributed by atoms with Gasteiger partial charge in [-0.05, 0) is 22.4 Å². The highest BCUT2D eigenvalue weighted by molar-refractivity contribution is 7.18. The summed E-state index contributed by atoms with van der Waals surface area (Å²) < 4.78 is 1.08. The Morgan fingerprint density at radius 3 is 3.08 bits per heavy atom. The molecule has 1 aromatic carbocycles. The van der Waals surface area contributed by atoms with Gasteiger partial charge in [-0.1, -0.05) is 23.7 Å². The minimum absolute atomic E-state index is 0.459. The Labute approximate surface area is 85.2 Å². The smallest absolute Gasteiger partial charge is 0.0670 e. The Morgan fingerprint density at radius 2 is 2.31 bits per heavy atom. The van der Waals surface area contributed by atoms with Crippen molar-refractivity contribution >= 4 is 33.0 Å². The second-order valence-electron chi connectivity index (χ2n) is 2.71. The summed E-state index contributed by atoms with van der Waals surface area (Å²) in [5.74, 6) is 0. The van der Waals surface area contributed by atoms with Crippen molar-refractivity contribution in [2.75, 3.05) is 0 Å². The number of hydrogen-bond donors (Lipinski definition) is 0. The van der Waals surface area contributed by atoms with E-state index < -0.39 is 0 Å². The van der Waals surface area contributed by atoms with Crippen LogP contribution in [0.4, 0.5) is 0 Å². The van der Waals surface area contributed by atoms with Gasteiger partial charge in [-0.3, -0.25) is 0 Å². The van der Waals surface area contributed by atoms with Crippen LogP contribution in [0.2, 0.25) is 5.02 Å². The summed E-state index contributed by atoms with van der Waals surface area (Å²) in [5.41, 5.74) is 1.07. The third kappa shape index (κ3) is 1.41. The van der Waals surface area contributed by atoms with Crippen molar-refractivity contribution in [3.63, 3.8) is 0 Å². The lowest BCUT2D eigenvalue weighted by atomic mass is 10.1. The monoisotopic (exact) mass is 207 g/mol. The van der Waals surface area contributed by atoms with Crippen LogP contribution >= 0.6 is 22.9 Å². The molecule has 3 heteroatoms. The zero-order chi connectivity index (χ0) is 9.26. The van der Waals surface area contributed by atoms with E-state index >= 15 is 0 Å². The Kier molecular flexibility index (Phi) is 2.22. The van der Waals surface area contributed by atoms with Crippen molar-refractivity contribution in [2.24, 2.45) is 0 Å². The van der Waals surface area contributed by atoms with Gasteiger partial charge in [0, 0.05) is 0 Å². The van der Waals surface area contributed by atoms with Crippen LogP contribution in [0.5, 0.6) is 0 Å². The number of halogens is 1. The van der Waals surface area contributed by atoms with Crippen LogP contribution < -0.4 is 0 Å². The first-order valence-electron chi connectivity index (χ1n) is 3.84. The van der Waals surface area contributed by atoms with E-state index in [0.29, 0.717) is 6.42 Å². The molecule has 0 saturated carbocycles. The van der Waals surface area contributed by atoms with E-state index in [1.807, 2.05) is 23.6 Å². The van der Waals surface area contributed by atoms with Gasteiger partial charge in [0.1, 0.15) is 0 Å². The maximum Gasteiger partial charge on any atom is 0.0670 e. The fraction of sp³-hybridized carbons (Fsp3) is 0.100. The van der Waals surface area contributed by atoms with Gasteiger partial charge in [-0.15, -0.1) is 11.3 Å². The zero-order valence-electron chi connectivity index (χ0n) is 6.75. The lowest BCUT2D eigenvalue weighted by Crippen LogP contribution is -1.76. The van der Waals surface area contributed by atoms with Gasteiger partial charge in [0.2, 0.25) is 0 Å². The average Bonchev–Trinajstić information content (AvgIpc) is 2.51. The number of fused-ring (bicyclic) bond motifs is 1. The maximum atomic E-state index is 8.59. The summed E-state index contributed by atoms with van der Waals surface area (Å²) in [6.07, 6.45) is 0.459. The molecule has 64 valence electrons. The zero-order valence-corrected chi connectivity index (χ0v) is 8.32. The summed E-state index contributed by atoms with van der Waals surface area (Å²) in [7, 11) is 0. The molecule has 2 aromatic rings. The van der Waals surface area contributed by atoms with Crippen molar-refractivity contribution in [2.45, 2.75) is 6.42 Å². The first-order chi connectivity index (χ1) is 6.33. The fourth-order valence-electron chi connectivity index (χ4n) is 1.30. The van der Waals surface area contributed by atoms with Gasteiger partial charge in [-0.25, -0.2) is 0 Å². The van der Waals surface area contributed by atoms with Gasteiger partial charge in [-0.2, -0.15) is 5.26 Å². The fourth-order valence-corrected chi connectivity index (χ4v) is 2.58. The van der Waals surface area contributed by atoms with Crippen molar-refractivity contribution < 1.29 is 0 Å². The van der Waals surface area contributed by atoms with E-state index in [4.69, 9.17) is 16.9 Å². The molecule has 0 aliphatic rings. The van der Waals surface area contributed by atoms with E-state index in [1.165, 1.54) is 0 Å². The number of thiophene rings is 1. The van der Waals surface area contributed by atoms with Gasteiger partial charge < -0.3 is 0 Å². The molecular weight excluding hydrogens is 202 g/mol. The molecule has 13 heavy (non-hydrogen) atoms. The number of hydrogen-bond acceptors (Lipinski definition) is 2. The van der Waals surface area contributed by atoms with E-state index in [-0.39, 0.29) is 0 Å². The van der Waals surface area contributed by atoms with Crippen LogP contribution in [-0.4, -0.2) is 0 Å². The summed E-state index contributed by atoms with van der Waals surface area (Å²) >= 11 is 7.60. The molecule has 0 aliphatic carbocycles. The normalized spacial score (nSPS) is 10.2. The van der Waals surface area contributed by atoms with Gasteiger partial charge >= 0.3 is 0 Å². The molecule has 0 atom stereocenters. The second-order valence-corrected chi connectivity index (χ2v) is 4.00. The number of nitrogens with zero attached hydrogens (tertiary/aromatic N) is 1. The maximum absolute atomic E-state index is 8.59. The Hall–Kier alpha value is -1.04. The first-order valence-corrected chi connectivity index (χ1v) is 5.10. The molecule has 0 amide bonds. The van der Waals surface area contributed by atoms with Crippen molar-refractivity contribution in [1.82, 2.24) is 0 Å². The molecule has 0 fully saturated rings. The quantitative estimate of drug-likeness (QED) is 0.701. The molecule has 1 heterocycles. The molecule has 0 saturated heterocycles. The Morgan fingerprint density at radius 1 is 1.46 bits per heavy atom. The Balaban J connectivity index is 2.70. The SMILES string of the molecule is N#CCc1csc2c(Cl)cccc12. The number of rotatable bonds is 1. The van der Waals surface area contributed by atoms with E-state index in [1.54, 1.807) is 11.3 Å². The van der Waals surface area contributed by atoms with E-state index in [2.05, 4.69) is 6.07 Å². The van der Waals surface area contributed by atoms with Crippen molar-refractivity contribution in [1.29, 1.82) is 5.26 Å². The molecule has 2 rings (SSSR count). The topological polar surface area (TPSA) is 23.8 Å². The summed E-state index contributed by atoms with van der Waals surface area (Å²) in [6.45, 7) is 0. The highest BCUT2D eigenvalue weighted by atomic mass is 35.5. The van der Waals surface area contributed by atoms with Crippen LogP contribution in [0.1, 0.15) is 5.56 Å². The molecule has 0 spiro atoms. The summed E-state index contributed by atoms with van der Waals surface area (Å²) in [6, 6.07) is 7.94. The van der Waals surface area contributed by atoms with Crippen LogP contribution in [0.15, 0.2) is 23.6 Å². The van der Waals surface area contributed by atoms with E-state index in [0.717, 1.165) is 20.7 Å². The minimum Gasteiger partial charge on any atom is -0.198 e. The second kappa shape index (κ2) is 3.37. The summed E-state index contributed by atoms with van der Waals surface area (Å²) in [4.78, 5) is 0. The first kappa shape index (κ1) is 8.55. The van der Waals surface area contributed by atoms with Crippen molar-refractivity contribution in [3.8, 4) is 6.07 Å². The van der Waals surface area contributed by atoms with Crippen LogP contribution in [0.3, 0.4) is 0 Å². The standard InChI is InChI=1S/C10H6ClNS/c11-9-3-1-2-8-7(4-5-12)6-13-10(8)9/h1-3,6H,4H2. The third-order valence-corrected chi connectivity index (χ3v) is 3.41. The van der Waals surface area contributed by atoms with Gasteiger partial charge in [0.15, 0.2) is 0 Å². The molecule has 0 unspecified atom stereocenters. The van der Waals surface area contributed by atoms with Gasteiger partial charge in [0.25, 0.3) is 0 Å². The average molecular weight is 208 g/mol. The Bertz CT molecular complexity index is 481. The molecule has 0 N–H and O–H groups in total. The predicted octanol–water partition coefficient (Wildman–Crippen LogP) is 3.62. The predicted molar refractivity (Wildman–Crippen MR) is 56.2 cm³/mol. The lowest BCUT2D eigenvalue weighted by molar-refractivity contribution is 1.30. The lowest BCUT2D eigenvalue weighted by Gasteiger charge is -1.93. The molecule has 1 aromatic heterocycles. The van der Waals surface area contributed by atoms with Crippen LogP contribution in [0, 0.1) is 11.3 Å². The highest BCUT2D eigenvalue weighted by Crippen LogP contribution is 2.31. The molecule has 0 aliphatic heterocycles. The molecule has 0 radical (unpaired) electrons. The molecular formula is C10H6ClNS. The van der Waals surface area contributed by atoms with E-state index in [9.17, 15) is 0 Å². The van der Waals surface area contributed by atoms with Crippen molar-refractivity contribution in [3.05, 3.63) is 34.2 Å².